The lowest BCUT2D eigenvalue weighted by Gasteiger charge is -2.44. The van der Waals surface area contributed by atoms with Crippen molar-refractivity contribution < 1.29 is 23.9 Å². The van der Waals surface area contributed by atoms with Crippen LogP contribution in [0.25, 0.3) is 0 Å². The minimum atomic E-state index is -0.941. The molecule has 180 valence electrons. The molecule has 1 aliphatic carbocycles. The van der Waals surface area contributed by atoms with Gasteiger partial charge in [-0.25, -0.2) is 0 Å². The van der Waals surface area contributed by atoms with Gasteiger partial charge in [-0.15, -0.1) is 0 Å². The topological polar surface area (TPSA) is 84.9 Å². The highest BCUT2D eigenvalue weighted by Crippen LogP contribution is 2.51. The second kappa shape index (κ2) is 11.4. The van der Waals surface area contributed by atoms with E-state index in [1.54, 1.807) is 37.1 Å². The number of benzene rings is 1. The SMILES string of the molecule is CCOC(=O)[C@]12CCC=C1N(Cc1ccc(Cl)cc1Cl)C(=O)[C@H](CC(=O)NCCCOC)C2. The Morgan fingerprint density at radius 3 is 2.79 bits per heavy atom. The Morgan fingerprint density at radius 2 is 2.09 bits per heavy atom. The molecular weight excluding hydrogens is 467 g/mol. The molecule has 2 aliphatic rings. The van der Waals surface area contributed by atoms with Gasteiger partial charge in [-0.1, -0.05) is 35.3 Å². The standard InChI is InChI=1S/C24H30Cl2N2O5/c1-3-33-23(31)24-9-4-6-20(24)28(15-16-7-8-18(25)13-19(16)26)22(30)17(14-24)12-21(29)27-10-5-11-32-2/h6-8,13,17H,3-5,9-12,14-15H2,1-2H3,(H,27,29)/t17-,24+/m1/s1. The molecule has 9 heteroatoms. The van der Waals surface area contributed by atoms with Gasteiger partial charge in [0.25, 0.3) is 0 Å². The summed E-state index contributed by atoms with van der Waals surface area (Å²) in [5.41, 5.74) is 0.419. The third-order valence-electron chi connectivity index (χ3n) is 6.19. The molecule has 2 atom stereocenters. The molecule has 1 aromatic rings. The highest BCUT2D eigenvalue weighted by molar-refractivity contribution is 6.35. The van der Waals surface area contributed by atoms with Crippen molar-refractivity contribution in [3.8, 4) is 0 Å². The highest BCUT2D eigenvalue weighted by atomic mass is 35.5. The van der Waals surface area contributed by atoms with Crippen LogP contribution in [0.4, 0.5) is 0 Å². The van der Waals surface area contributed by atoms with E-state index in [1.807, 2.05) is 6.08 Å². The van der Waals surface area contributed by atoms with E-state index in [-0.39, 0.29) is 43.8 Å². The summed E-state index contributed by atoms with van der Waals surface area (Å²) in [4.78, 5) is 40.9. The summed E-state index contributed by atoms with van der Waals surface area (Å²) in [5.74, 6) is -1.41. The molecule has 0 unspecified atom stereocenters. The first-order valence-corrected chi connectivity index (χ1v) is 12.0. The number of ether oxygens (including phenoxy) is 2. The van der Waals surface area contributed by atoms with Crippen LogP contribution in [0.5, 0.6) is 0 Å². The average Bonchev–Trinajstić information content (AvgIpc) is 3.20. The zero-order chi connectivity index (χ0) is 24.0. The Labute approximate surface area is 204 Å². The molecule has 0 saturated carbocycles. The lowest BCUT2D eigenvalue weighted by molar-refractivity contribution is -0.161. The number of hydrogen-bond donors (Lipinski definition) is 1. The van der Waals surface area contributed by atoms with Gasteiger partial charge in [-0.05, 0) is 50.3 Å². The van der Waals surface area contributed by atoms with E-state index >= 15 is 0 Å². The van der Waals surface area contributed by atoms with Crippen molar-refractivity contribution >= 4 is 41.0 Å². The molecule has 1 aromatic carbocycles. The number of piperidine rings is 1. The van der Waals surface area contributed by atoms with Gasteiger partial charge in [-0.2, -0.15) is 0 Å². The number of allylic oxidation sites excluding steroid dienone is 1. The maximum Gasteiger partial charge on any atom is 0.318 e. The minimum absolute atomic E-state index is 0.00506. The van der Waals surface area contributed by atoms with Crippen LogP contribution in [0.3, 0.4) is 0 Å². The monoisotopic (exact) mass is 496 g/mol. The van der Waals surface area contributed by atoms with Crippen LogP contribution < -0.4 is 5.32 Å². The molecule has 0 radical (unpaired) electrons. The van der Waals surface area contributed by atoms with Crippen molar-refractivity contribution in [1.82, 2.24) is 10.2 Å². The van der Waals surface area contributed by atoms with E-state index in [0.29, 0.717) is 53.7 Å². The largest absolute Gasteiger partial charge is 0.465 e. The van der Waals surface area contributed by atoms with Crippen molar-refractivity contribution in [3.05, 3.63) is 45.6 Å². The van der Waals surface area contributed by atoms with Gasteiger partial charge in [0.2, 0.25) is 11.8 Å². The number of carbonyl (C=O) groups excluding carboxylic acids is 3. The van der Waals surface area contributed by atoms with Gasteiger partial charge < -0.3 is 19.7 Å². The van der Waals surface area contributed by atoms with Crippen molar-refractivity contribution in [2.75, 3.05) is 26.9 Å². The van der Waals surface area contributed by atoms with Crippen LogP contribution in [-0.4, -0.2) is 49.6 Å². The first-order valence-electron chi connectivity index (χ1n) is 11.2. The number of methoxy groups -OCH3 is 1. The second-order valence-electron chi connectivity index (χ2n) is 8.39. The van der Waals surface area contributed by atoms with Crippen molar-refractivity contribution in [2.24, 2.45) is 11.3 Å². The zero-order valence-corrected chi connectivity index (χ0v) is 20.5. The Bertz CT molecular complexity index is 935. The molecule has 33 heavy (non-hydrogen) atoms. The summed E-state index contributed by atoms with van der Waals surface area (Å²) in [6.07, 6.45) is 4.08. The average molecular weight is 497 g/mol. The number of carbonyl (C=O) groups is 3. The first kappa shape index (κ1) is 25.5. The fraction of sp³-hybridized carbons (Fsp3) is 0.542. The lowest BCUT2D eigenvalue weighted by Crippen LogP contribution is -2.52. The number of amides is 2. The molecule has 0 spiro atoms. The van der Waals surface area contributed by atoms with Gasteiger partial charge in [0.05, 0.1) is 13.2 Å². The Morgan fingerprint density at radius 1 is 1.30 bits per heavy atom. The van der Waals surface area contributed by atoms with Gasteiger partial charge in [-0.3, -0.25) is 14.4 Å². The molecule has 2 amide bonds. The van der Waals surface area contributed by atoms with E-state index < -0.39 is 11.3 Å². The third kappa shape index (κ3) is 5.70. The zero-order valence-electron chi connectivity index (χ0n) is 19.0. The smallest absolute Gasteiger partial charge is 0.318 e. The van der Waals surface area contributed by atoms with Gasteiger partial charge >= 0.3 is 5.97 Å². The summed E-state index contributed by atoms with van der Waals surface area (Å²) in [6.45, 7) is 3.20. The minimum Gasteiger partial charge on any atom is -0.465 e. The highest BCUT2D eigenvalue weighted by Gasteiger charge is 2.55. The summed E-state index contributed by atoms with van der Waals surface area (Å²) in [7, 11) is 1.60. The van der Waals surface area contributed by atoms with E-state index in [2.05, 4.69) is 5.32 Å². The third-order valence-corrected chi connectivity index (χ3v) is 6.78. The predicted octanol–water partition coefficient (Wildman–Crippen LogP) is 4.11. The normalized spacial score (nSPS) is 22.1. The number of rotatable bonds is 10. The van der Waals surface area contributed by atoms with Crippen LogP contribution in [0, 0.1) is 11.3 Å². The number of esters is 1. The number of likely N-dealkylation sites (tertiary alicyclic amines) is 1. The van der Waals surface area contributed by atoms with Crippen LogP contribution >= 0.6 is 23.2 Å². The van der Waals surface area contributed by atoms with Crippen LogP contribution in [0.2, 0.25) is 10.0 Å². The van der Waals surface area contributed by atoms with E-state index in [4.69, 9.17) is 32.7 Å². The van der Waals surface area contributed by atoms with E-state index in [0.717, 1.165) is 0 Å². The second-order valence-corrected chi connectivity index (χ2v) is 9.24. The summed E-state index contributed by atoms with van der Waals surface area (Å²) in [6, 6.07) is 5.11. The summed E-state index contributed by atoms with van der Waals surface area (Å²) < 4.78 is 10.4. The molecule has 7 nitrogen and oxygen atoms in total. The lowest BCUT2D eigenvalue weighted by atomic mass is 9.71. The molecule has 0 bridgehead atoms. The number of hydrogen-bond acceptors (Lipinski definition) is 5. The Balaban J connectivity index is 1.87. The Kier molecular flexibility index (Phi) is 8.79. The van der Waals surface area contributed by atoms with Gasteiger partial charge in [0.15, 0.2) is 0 Å². The fourth-order valence-corrected chi connectivity index (χ4v) is 5.11. The molecule has 1 aliphatic heterocycles. The number of fused-ring (bicyclic) bond motifs is 1. The Hall–Kier alpha value is -2.09. The molecule has 3 rings (SSSR count). The molecule has 1 saturated heterocycles. The van der Waals surface area contributed by atoms with Crippen LogP contribution in [0.1, 0.15) is 44.6 Å². The van der Waals surface area contributed by atoms with Gasteiger partial charge in [0, 0.05) is 48.3 Å². The maximum atomic E-state index is 13.5. The van der Waals surface area contributed by atoms with E-state index in [1.165, 1.54) is 0 Å². The van der Waals surface area contributed by atoms with Crippen molar-refractivity contribution in [1.29, 1.82) is 0 Å². The summed E-state index contributed by atoms with van der Waals surface area (Å²) >= 11 is 12.4. The number of halogens is 2. The molecule has 1 heterocycles. The van der Waals surface area contributed by atoms with Crippen LogP contribution in [-0.2, 0) is 30.4 Å². The van der Waals surface area contributed by atoms with Gasteiger partial charge in [0.1, 0.15) is 5.41 Å². The molecular formula is C24H30Cl2N2O5. The summed E-state index contributed by atoms with van der Waals surface area (Å²) in [5, 5.41) is 3.77. The molecule has 1 fully saturated rings. The predicted molar refractivity (Wildman–Crippen MR) is 126 cm³/mol. The fourth-order valence-electron chi connectivity index (χ4n) is 4.64. The maximum absolute atomic E-state index is 13.5. The number of nitrogens with zero attached hydrogens (tertiary/aromatic N) is 1. The molecule has 0 aromatic heterocycles. The van der Waals surface area contributed by atoms with E-state index in [9.17, 15) is 14.4 Å². The number of nitrogens with one attached hydrogen (secondary N) is 1. The van der Waals surface area contributed by atoms with Crippen LogP contribution in [0.15, 0.2) is 30.0 Å². The first-order chi connectivity index (χ1) is 15.8. The molecule has 1 N–H and O–H groups in total. The van der Waals surface area contributed by atoms with Crippen molar-refractivity contribution in [2.45, 2.75) is 45.6 Å². The quantitative estimate of drug-likeness (QED) is 0.389. The van der Waals surface area contributed by atoms with Crippen molar-refractivity contribution in [3.63, 3.8) is 0 Å².